The van der Waals surface area contributed by atoms with Crippen LogP contribution in [0.4, 0.5) is 0 Å². The molecule has 2 atom stereocenters. The molecule has 0 saturated heterocycles. The molecule has 0 radical (unpaired) electrons. The zero-order valence-electron chi connectivity index (χ0n) is 11.4. The van der Waals surface area contributed by atoms with Crippen LogP contribution in [0.15, 0.2) is 65.7 Å². The van der Waals surface area contributed by atoms with Crippen LogP contribution < -0.4 is 0 Å². The van der Waals surface area contributed by atoms with E-state index in [2.05, 4.69) is 0 Å². The van der Waals surface area contributed by atoms with Crippen LogP contribution >= 0.6 is 11.6 Å². The van der Waals surface area contributed by atoms with E-state index in [9.17, 15) is 10.2 Å². The highest BCUT2D eigenvalue weighted by Crippen LogP contribution is 2.37. The lowest BCUT2D eigenvalue weighted by Gasteiger charge is -2.25. The molecule has 108 valence electrons. The molecule has 0 fully saturated rings. The van der Waals surface area contributed by atoms with Gasteiger partial charge in [-0.05, 0) is 11.1 Å². The van der Waals surface area contributed by atoms with Crippen molar-refractivity contribution in [2.75, 3.05) is 0 Å². The summed E-state index contributed by atoms with van der Waals surface area (Å²) in [4.78, 5) is 1.57. The largest absolute Gasteiger partial charge is 0.374 e. The van der Waals surface area contributed by atoms with Gasteiger partial charge in [0, 0.05) is 12.1 Å². The van der Waals surface area contributed by atoms with Crippen molar-refractivity contribution in [2.45, 2.75) is 19.0 Å². The minimum Gasteiger partial charge on any atom is -0.374 e. The number of nitrogens with zero attached hydrogens (tertiary/aromatic N) is 1. The zero-order chi connectivity index (χ0) is 14.8. The van der Waals surface area contributed by atoms with Gasteiger partial charge in [0.05, 0.1) is 5.03 Å². The van der Waals surface area contributed by atoms with E-state index in [4.69, 9.17) is 11.6 Å². The second kappa shape index (κ2) is 6.00. The molecule has 21 heavy (non-hydrogen) atoms. The molecular weight excluding hydrogens is 286 g/mol. The maximum Gasteiger partial charge on any atom is 0.147 e. The lowest BCUT2D eigenvalue weighted by atomic mass is 10.1. The summed E-state index contributed by atoms with van der Waals surface area (Å²) in [7, 11) is 0. The van der Waals surface area contributed by atoms with Gasteiger partial charge >= 0.3 is 0 Å². The Morgan fingerprint density at radius 2 is 1.43 bits per heavy atom. The molecule has 3 nitrogen and oxygen atoms in total. The molecule has 2 aromatic rings. The first-order valence-electron chi connectivity index (χ1n) is 6.79. The van der Waals surface area contributed by atoms with Gasteiger partial charge in [-0.15, -0.1) is 0 Å². The molecule has 2 aromatic carbocycles. The molecule has 2 N–H and O–H groups in total. The SMILES string of the molecule is OC1C(Cl)=C(c2ccccc2)C(O)N1Cc1ccccc1. The van der Waals surface area contributed by atoms with Crippen molar-refractivity contribution in [3.05, 3.63) is 76.8 Å². The van der Waals surface area contributed by atoms with Gasteiger partial charge in [0.2, 0.25) is 0 Å². The van der Waals surface area contributed by atoms with Gasteiger partial charge in [0.1, 0.15) is 12.5 Å². The van der Waals surface area contributed by atoms with E-state index in [0.717, 1.165) is 11.1 Å². The summed E-state index contributed by atoms with van der Waals surface area (Å²) in [6, 6.07) is 19.1. The van der Waals surface area contributed by atoms with Crippen molar-refractivity contribution in [3.63, 3.8) is 0 Å². The van der Waals surface area contributed by atoms with Crippen LogP contribution in [0.1, 0.15) is 11.1 Å². The maximum absolute atomic E-state index is 10.5. The van der Waals surface area contributed by atoms with E-state index < -0.39 is 12.5 Å². The highest BCUT2D eigenvalue weighted by atomic mass is 35.5. The van der Waals surface area contributed by atoms with Gasteiger partial charge in [-0.1, -0.05) is 72.3 Å². The van der Waals surface area contributed by atoms with E-state index in [1.807, 2.05) is 60.7 Å². The lowest BCUT2D eigenvalue weighted by molar-refractivity contribution is -0.0438. The number of halogens is 1. The van der Waals surface area contributed by atoms with Gasteiger partial charge in [0.25, 0.3) is 0 Å². The Balaban J connectivity index is 1.88. The topological polar surface area (TPSA) is 43.7 Å². The van der Waals surface area contributed by atoms with Gasteiger partial charge in [-0.2, -0.15) is 0 Å². The summed E-state index contributed by atoms with van der Waals surface area (Å²) >= 11 is 6.25. The second-order valence-electron chi connectivity index (χ2n) is 5.03. The quantitative estimate of drug-likeness (QED) is 0.916. The molecule has 1 aliphatic rings. The molecule has 2 unspecified atom stereocenters. The molecule has 3 rings (SSSR count). The predicted octanol–water partition coefficient (Wildman–Crippen LogP) is 2.79. The number of hydrogen-bond donors (Lipinski definition) is 2. The van der Waals surface area contributed by atoms with E-state index in [0.29, 0.717) is 12.1 Å². The van der Waals surface area contributed by atoms with Crippen molar-refractivity contribution in [3.8, 4) is 0 Å². The molecule has 0 saturated carbocycles. The van der Waals surface area contributed by atoms with Crippen LogP contribution in [0.3, 0.4) is 0 Å². The molecule has 1 aliphatic heterocycles. The average molecular weight is 302 g/mol. The molecule has 0 amide bonds. The number of hydrogen-bond acceptors (Lipinski definition) is 3. The normalized spacial score (nSPS) is 22.8. The van der Waals surface area contributed by atoms with Gasteiger partial charge in [-0.25, -0.2) is 4.90 Å². The number of rotatable bonds is 3. The molecule has 0 aliphatic carbocycles. The Hall–Kier alpha value is -1.65. The van der Waals surface area contributed by atoms with Gasteiger partial charge < -0.3 is 10.2 Å². The standard InChI is InChI=1S/C17H16ClNO2/c18-15-14(13-9-5-2-6-10-13)16(20)19(17(15)21)11-12-7-3-1-4-8-12/h1-10,16-17,20-21H,11H2. The summed E-state index contributed by atoms with van der Waals surface area (Å²) in [6.45, 7) is 0.426. The van der Waals surface area contributed by atoms with Crippen LogP contribution in [0.2, 0.25) is 0 Å². The van der Waals surface area contributed by atoms with Crippen LogP contribution in [-0.2, 0) is 6.54 Å². The van der Waals surface area contributed by atoms with Crippen molar-refractivity contribution in [1.29, 1.82) is 0 Å². The van der Waals surface area contributed by atoms with Crippen molar-refractivity contribution in [1.82, 2.24) is 4.90 Å². The summed E-state index contributed by atoms with van der Waals surface area (Å²) in [5.74, 6) is 0. The van der Waals surface area contributed by atoms with E-state index in [-0.39, 0.29) is 5.03 Å². The van der Waals surface area contributed by atoms with Gasteiger partial charge in [-0.3, -0.25) is 0 Å². The Labute approximate surface area is 128 Å². The molecule has 1 heterocycles. The Morgan fingerprint density at radius 3 is 2.05 bits per heavy atom. The number of benzene rings is 2. The third kappa shape index (κ3) is 2.74. The Kier molecular flexibility index (Phi) is 4.08. The van der Waals surface area contributed by atoms with Crippen LogP contribution in [0, 0.1) is 0 Å². The van der Waals surface area contributed by atoms with E-state index in [1.54, 1.807) is 4.90 Å². The molecule has 0 spiro atoms. The second-order valence-corrected chi connectivity index (χ2v) is 5.44. The van der Waals surface area contributed by atoms with E-state index in [1.165, 1.54) is 0 Å². The minimum absolute atomic E-state index is 0.282. The predicted molar refractivity (Wildman–Crippen MR) is 83.2 cm³/mol. The smallest absolute Gasteiger partial charge is 0.147 e. The summed E-state index contributed by atoms with van der Waals surface area (Å²) in [5.41, 5.74) is 2.40. The van der Waals surface area contributed by atoms with Crippen LogP contribution in [0.25, 0.3) is 5.57 Å². The van der Waals surface area contributed by atoms with Crippen molar-refractivity contribution >= 4 is 17.2 Å². The number of aliphatic hydroxyl groups excluding tert-OH is 2. The van der Waals surface area contributed by atoms with Crippen molar-refractivity contribution < 1.29 is 10.2 Å². The first-order chi connectivity index (χ1) is 10.2. The van der Waals surface area contributed by atoms with Gasteiger partial charge in [0.15, 0.2) is 0 Å². The fraction of sp³-hybridized carbons (Fsp3) is 0.176. The fourth-order valence-electron chi connectivity index (χ4n) is 2.58. The van der Waals surface area contributed by atoms with E-state index >= 15 is 0 Å². The fourth-order valence-corrected chi connectivity index (χ4v) is 2.91. The summed E-state index contributed by atoms with van der Waals surface area (Å²) in [5, 5.41) is 21.1. The maximum atomic E-state index is 10.5. The molecule has 0 aromatic heterocycles. The number of aliphatic hydroxyl groups is 2. The third-order valence-electron chi connectivity index (χ3n) is 3.66. The highest BCUT2D eigenvalue weighted by Gasteiger charge is 2.38. The minimum atomic E-state index is -0.989. The Morgan fingerprint density at radius 1 is 0.857 bits per heavy atom. The summed E-state index contributed by atoms with van der Waals surface area (Å²) in [6.07, 6.45) is -1.91. The molecular formula is C17H16ClNO2. The third-order valence-corrected chi connectivity index (χ3v) is 4.06. The zero-order valence-corrected chi connectivity index (χ0v) is 12.1. The first-order valence-corrected chi connectivity index (χ1v) is 7.17. The first kappa shape index (κ1) is 14.3. The van der Waals surface area contributed by atoms with Crippen LogP contribution in [0.5, 0.6) is 0 Å². The lowest BCUT2D eigenvalue weighted by Crippen LogP contribution is -2.37. The Bertz CT molecular complexity index is 642. The molecule has 4 heteroatoms. The monoisotopic (exact) mass is 301 g/mol. The van der Waals surface area contributed by atoms with Crippen molar-refractivity contribution in [2.24, 2.45) is 0 Å². The van der Waals surface area contributed by atoms with Crippen LogP contribution in [-0.4, -0.2) is 27.6 Å². The molecule has 0 bridgehead atoms. The summed E-state index contributed by atoms with van der Waals surface area (Å²) < 4.78 is 0. The highest BCUT2D eigenvalue weighted by molar-refractivity contribution is 6.33. The average Bonchev–Trinajstić information content (AvgIpc) is 2.73.